The molecule has 0 fully saturated rings. The summed E-state index contributed by atoms with van der Waals surface area (Å²) >= 11 is 1.63. The Balaban J connectivity index is 1.68. The maximum Gasteiger partial charge on any atom is 0.270 e. The number of thiophene rings is 1. The first-order valence-electron chi connectivity index (χ1n) is 8.75. The SMILES string of the molecule is O=C1C[C@@H](c2cccs2)CC2=C1[C@H](c1ccccc1F)c1c([nH][nH]c1=O)N2. The summed E-state index contributed by atoms with van der Waals surface area (Å²) in [5.41, 5.74) is 1.64. The third-order valence-electron chi connectivity index (χ3n) is 5.34. The molecule has 7 heteroatoms. The minimum absolute atomic E-state index is 0.0401. The van der Waals surface area contributed by atoms with Gasteiger partial charge in [0, 0.05) is 34.0 Å². The Labute approximate surface area is 157 Å². The molecule has 3 aromatic rings. The van der Waals surface area contributed by atoms with Crippen LogP contribution in [0.5, 0.6) is 0 Å². The van der Waals surface area contributed by atoms with E-state index in [4.69, 9.17) is 0 Å². The lowest BCUT2D eigenvalue weighted by Crippen LogP contribution is -2.31. The van der Waals surface area contributed by atoms with E-state index in [0.717, 1.165) is 10.6 Å². The Bertz CT molecular complexity index is 1130. The van der Waals surface area contributed by atoms with E-state index < -0.39 is 11.7 Å². The lowest BCUT2D eigenvalue weighted by Gasteiger charge is -2.34. The van der Waals surface area contributed by atoms with E-state index in [1.807, 2.05) is 17.5 Å². The third kappa shape index (κ3) is 2.49. The minimum Gasteiger partial charge on any atom is -0.343 e. The van der Waals surface area contributed by atoms with Gasteiger partial charge in [0.2, 0.25) is 0 Å². The Morgan fingerprint density at radius 3 is 2.67 bits per heavy atom. The first-order chi connectivity index (χ1) is 13.1. The van der Waals surface area contributed by atoms with Crippen LogP contribution in [0.2, 0.25) is 0 Å². The first-order valence-corrected chi connectivity index (χ1v) is 9.63. The maximum absolute atomic E-state index is 14.6. The molecule has 3 heterocycles. The Morgan fingerprint density at radius 1 is 1.04 bits per heavy atom. The molecule has 2 atom stereocenters. The van der Waals surface area contributed by atoms with Crippen LogP contribution < -0.4 is 10.9 Å². The highest BCUT2D eigenvalue weighted by atomic mass is 32.1. The van der Waals surface area contributed by atoms with Gasteiger partial charge >= 0.3 is 0 Å². The number of aromatic nitrogens is 2. The maximum atomic E-state index is 14.6. The van der Waals surface area contributed by atoms with Crippen LogP contribution in [-0.2, 0) is 4.79 Å². The average molecular weight is 381 g/mol. The van der Waals surface area contributed by atoms with Gasteiger partial charge < -0.3 is 5.32 Å². The second kappa shape index (κ2) is 6.06. The van der Waals surface area contributed by atoms with Gasteiger partial charge in [0.15, 0.2) is 5.78 Å². The summed E-state index contributed by atoms with van der Waals surface area (Å²) in [4.78, 5) is 26.7. The molecule has 1 aliphatic heterocycles. The van der Waals surface area contributed by atoms with Crippen LogP contribution in [0.4, 0.5) is 10.2 Å². The molecule has 5 rings (SSSR count). The van der Waals surface area contributed by atoms with E-state index >= 15 is 0 Å². The summed E-state index contributed by atoms with van der Waals surface area (Å²) in [5.74, 6) is -0.564. The summed E-state index contributed by atoms with van der Waals surface area (Å²) in [7, 11) is 0. The number of benzene rings is 1. The number of hydrogen-bond acceptors (Lipinski definition) is 4. The van der Waals surface area contributed by atoms with Crippen LogP contribution in [0.1, 0.15) is 40.7 Å². The summed E-state index contributed by atoms with van der Waals surface area (Å²) in [6, 6.07) is 10.3. The van der Waals surface area contributed by atoms with Crippen molar-refractivity contribution in [2.75, 3.05) is 5.32 Å². The van der Waals surface area contributed by atoms with Gasteiger partial charge in [0.05, 0.1) is 11.5 Å². The molecular formula is C20H16FN3O2S. The molecule has 1 aromatic carbocycles. The lowest BCUT2D eigenvalue weighted by atomic mass is 9.74. The van der Waals surface area contributed by atoms with Gasteiger partial charge in [-0.2, -0.15) is 0 Å². The molecule has 3 N–H and O–H groups in total. The fraction of sp³-hybridized carbons (Fsp3) is 0.200. The molecule has 0 radical (unpaired) electrons. The van der Waals surface area contributed by atoms with Crippen LogP contribution in [0, 0.1) is 5.82 Å². The number of halogens is 1. The topological polar surface area (TPSA) is 77.8 Å². The summed E-state index contributed by atoms with van der Waals surface area (Å²) in [6.07, 6.45) is 1.02. The zero-order valence-corrected chi connectivity index (χ0v) is 15.0. The van der Waals surface area contributed by atoms with Crippen LogP contribution in [-0.4, -0.2) is 16.0 Å². The van der Waals surface area contributed by atoms with Crippen molar-refractivity contribution in [2.24, 2.45) is 0 Å². The van der Waals surface area contributed by atoms with E-state index in [2.05, 4.69) is 15.5 Å². The molecule has 0 bridgehead atoms. The number of aromatic amines is 2. The van der Waals surface area contributed by atoms with E-state index in [9.17, 15) is 14.0 Å². The first kappa shape index (κ1) is 16.3. The number of carbonyl (C=O) groups excluding carboxylic acids is 1. The zero-order chi connectivity index (χ0) is 18.5. The van der Waals surface area contributed by atoms with E-state index in [1.165, 1.54) is 6.07 Å². The fourth-order valence-electron chi connectivity index (χ4n) is 4.17. The van der Waals surface area contributed by atoms with Crippen LogP contribution in [0.3, 0.4) is 0 Å². The summed E-state index contributed by atoms with van der Waals surface area (Å²) in [5, 5.41) is 10.6. The molecule has 2 aromatic heterocycles. The van der Waals surface area contributed by atoms with Crippen molar-refractivity contribution >= 4 is 22.9 Å². The number of carbonyl (C=O) groups is 1. The normalized spacial score (nSPS) is 21.6. The van der Waals surface area contributed by atoms with Gasteiger partial charge in [-0.3, -0.25) is 19.8 Å². The highest BCUT2D eigenvalue weighted by Gasteiger charge is 2.41. The van der Waals surface area contributed by atoms with Crippen LogP contribution >= 0.6 is 11.3 Å². The average Bonchev–Trinajstić information content (AvgIpc) is 3.31. The van der Waals surface area contributed by atoms with Crippen molar-refractivity contribution in [2.45, 2.75) is 24.7 Å². The minimum atomic E-state index is -0.704. The number of rotatable bonds is 2. The van der Waals surface area contributed by atoms with E-state index in [1.54, 1.807) is 29.5 Å². The molecule has 0 spiro atoms. The van der Waals surface area contributed by atoms with E-state index in [-0.39, 0.29) is 17.3 Å². The van der Waals surface area contributed by atoms with Crippen molar-refractivity contribution in [1.82, 2.24) is 10.2 Å². The highest BCUT2D eigenvalue weighted by Crippen LogP contribution is 2.47. The van der Waals surface area contributed by atoms with Gasteiger partial charge in [-0.1, -0.05) is 24.3 Å². The number of hydrogen-bond donors (Lipinski definition) is 3. The molecule has 2 aliphatic rings. The number of Topliss-reactive ketones (excluding diaryl/α,β-unsaturated/α-hetero) is 1. The number of nitrogens with one attached hydrogen (secondary N) is 3. The predicted octanol–water partition coefficient (Wildman–Crippen LogP) is 3.86. The summed E-state index contributed by atoms with van der Waals surface area (Å²) < 4.78 is 14.6. The molecular weight excluding hydrogens is 365 g/mol. The Hall–Kier alpha value is -2.93. The molecule has 1 aliphatic carbocycles. The monoisotopic (exact) mass is 381 g/mol. The van der Waals surface area contributed by atoms with Crippen molar-refractivity contribution in [1.29, 1.82) is 0 Å². The number of ketones is 1. The predicted molar refractivity (Wildman–Crippen MR) is 102 cm³/mol. The van der Waals surface area contributed by atoms with Gasteiger partial charge in [-0.25, -0.2) is 4.39 Å². The van der Waals surface area contributed by atoms with Crippen LogP contribution in [0.15, 0.2) is 57.8 Å². The number of fused-ring (bicyclic) bond motifs is 1. The van der Waals surface area contributed by atoms with Gasteiger partial charge in [-0.05, 0) is 23.9 Å². The molecule has 0 amide bonds. The smallest absolute Gasteiger partial charge is 0.270 e. The molecule has 27 heavy (non-hydrogen) atoms. The second-order valence-electron chi connectivity index (χ2n) is 6.88. The van der Waals surface area contributed by atoms with Gasteiger partial charge in [0.1, 0.15) is 11.6 Å². The second-order valence-corrected chi connectivity index (χ2v) is 7.86. The lowest BCUT2D eigenvalue weighted by molar-refractivity contribution is -0.116. The quantitative estimate of drug-likeness (QED) is 0.631. The highest BCUT2D eigenvalue weighted by molar-refractivity contribution is 7.10. The molecule has 0 saturated heterocycles. The molecule has 136 valence electrons. The number of H-pyrrole nitrogens is 2. The van der Waals surface area contributed by atoms with Crippen molar-refractivity contribution in [3.8, 4) is 0 Å². The number of anilines is 1. The Morgan fingerprint density at radius 2 is 1.89 bits per heavy atom. The Kier molecular flexibility index (Phi) is 3.65. The molecule has 0 unspecified atom stereocenters. The van der Waals surface area contributed by atoms with Crippen LogP contribution in [0.25, 0.3) is 0 Å². The van der Waals surface area contributed by atoms with E-state index in [0.29, 0.717) is 35.4 Å². The number of allylic oxidation sites excluding steroid dienone is 2. The molecule has 0 saturated carbocycles. The standard InChI is InChI=1S/C20H16FN3O2S/c21-12-5-2-1-4-11(12)16-17-13(22-19-18(16)20(26)24-23-19)8-10(9-14(17)25)15-6-3-7-27-15/h1-7,10,16H,8-9H2,(H3,22,23,24,26)/t10-,16-/m0/s1. The largest absolute Gasteiger partial charge is 0.343 e. The molecule has 5 nitrogen and oxygen atoms in total. The van der Waals surface area contributed by atoms with Crippen molar-refractivity contribution < 1.29 is 9.18 Å². The summed E-state index contributed by atoms with van der Waals surface area (Å²) in [6.45, 7) is 0. The van der Waals surface area contributed by atoms with Crippen molar-refractivity contribution in [3.63, 3.8) is 0 Å². The van der Waals surface area contributed by atoms with Gasteiger partial charge in [0.25, 0.3) is 5.56 Å². The third-order valence-corrected chi connectivity index (χ3v) is 6.37. The zero-order valence-electron chi connectivity index (χ0n) is 14.2. The van der Waals surface area contributed by atoms with Gasteiger partial charge in [-0.15, -0.1) is 11.3 Å². The van der Waals surface area contributed by atoms with Crippen molar-refractivity contribution in [3.05, 3.63) is 85.2 Å². The fourth-order valence-corrected chi connectivity index (χ4v) is 5.00.